The molecular formula is C22H24FN3O3S. The van der Waals surface area contributed by atoms with Crippen LogP contribution in [0.4, 0.5) is 9.39 Å². The molecule has 1 aromatic carbocycles. The Labute approximate surface area is 178 Å². The molecule has 30 heavy (non-hydrogen) atoms. The van der Waals surface area contributed by atoms with Crippen LogP contribution in [0.1, 0.15) is 51.3 Å². The molecule has 2 aromatic rings. The molecule has 4 rings (SSSR count). The van der Waals surface area contributed by atoms with Gasteiger partial charge in [0.05, 0.1) is 9.88 Å². The van der Waals surface area contributed by atoms with Crippen molar-refractivity contribution in [2.24, 2.45) is 5.92 Å². The first kappa shape index (κ1) is 20.5. The molecule has 2 fully saturated rings. The number of carbonyl (C=O) groups excluding carboxylic acids is 3. The van der Waals surface area contributed by atoms with Crippen molar-refractivity contribution in [1.82, 2.24) is 10.2 Å². The van der Waals surface area contributed by atoms with Crippen LogP contribution in [0.25, 0.3) is 0 Å². The molecule has 1 saturated carbocycles. The summed E-state index contributed by atoms with van der Waals surface area (Å²) in [7, 11) is 0. The van der Waals surface area contributed by atoms with E-state index in [1.807, 2.05) is 13.0 Å². The zero-order chi connectivity index (χ0) is 21.3. The topological polar surface area (TPSA) is 78.5 Å². The fraction of sp³-hybridized carbons (Fsp3) is 0.409. The van der Waals surface area contributed by atoms with Crippen LogP contribution in [0.5, 0.6) is 0 Å². The van der Waals surface area contributed by atoms with E-state index in [-0.39, 0.29) is 35.5 Å². The van der Waals surface area contributed by atoms with Gasteiger partial charge in [-0.25, -0.2) is 4.39 Å². The van der Waals surface area contributed by atoms with E-state index in [0.717, 1.165) is 18.4 Å². The van der Waals surface area contributed by atoms with Crippen LogP contribution in [0.3, 0.4) is 0 Å². The van der Waals surface area contributed by atoms with Gasteiger partial charge in [-0.05, 0) is 68.5 Å². The van der Waals surface area contributed by atoms with E-state index in [4.69, 9.17) is 0 Å². The Morgan fingerprint density at radius 3 is 2.37 bits per heavy atom. The predicted octanol–water partition coefficient (Wildman–Crippen LogP) is 3.58. The molecule has 1 aliphatic carbocycles. The van der Waals surface area contributed by atoms with Gasteiger partial charge < -0.3 is 15.5 Å². The first-order chi connectivity index (χ1) is 14.4. The van der Waals surface area contributed by atoms with Crippen LogP contribution < -0.4 is 10.6 Å². The van der Waals surface area contributed by atoms with Gasteiger partial charge in [0.25, 0.3) is 11.8 Å². The lowest BCUT2D eigenvalue weighted by Crippen LogP contribution is -2.46. The Morgan fingerprint density at radius 2 is 1.73 bits per heavy atom. The lowest BCUT2D eigenvalue weighted by Gasteiger charge is -2.32. The summed E-state index contributed by atoms with van der Waals surface area (Å²) in [4.78, 5) is 39.7. The van der Waals surface area contributed by atoms with Crippen molar-refractivity contribution in [3.8, 4) is 0 Å². The highest BCUT2D eigenvalue weighted by Gasteiger charge is 2.31. The first-order valence-corrected chi connectivity index (χ1v) is 11.0. The van der Waals surface area contributed by atoms with Crippen molar-refractivity contribution in [2.75, 3.05) is 18.4 Å². The number of aryl methyl sites for hydroxylation is 1. The van der Waals surface area contributed by atoms with Crippen molar-refractivity contribution in [3.05, 3.63) is 52.2 Å². The molecule has 0 unspecified atom stereocenters. The van der Waals surface area contributed by atoms with Gasteiger partial charge >= 0.3 is 0 Å². The highest BCUT2D eigenvalue weighted by Crippen LogP contribution is 2.33. The summed E-state index contributed by atoms with van der Waals surface area (Å²) in [5, 5.41) is 6.59. The smallest absolute Gasteiger partial charge is 0.264 e. The quantitative estimate of drug-likeness (QED) is 0.763. The molecule has 2 N–H and O–H groups in total. The van der Waals surface area contributed by atoms with Gasteiger partial charge in [0.1, 0.15) is 5.82 Å². The monoisotopic (exact) mass is 429 g/mol. The highest BCUT2D eigenvalue weighted by molar-refractivity contribution is 7.18. The zero-order valence-electron chi connectivity index (χ0n) is 16.7. The summed E-state index contributed by atoms with van der Waals surface area (Å²) in [6, 6.07) is 7.28. The number of hydrogen-bond donors (Lipinski definition) is 2. The second-order valence-corrected chi connectivity index (χ2v) is 8.99. The SMILES string of the molecule is Cc1cc(NC(=O)C2CC2)sc1C(=O)N1CCC(NC(=O)c2ccc(F)cc2)CC1. The Bertz CT molecular complexity index is 961. The number of nitrogens with zero attached hydrogens (tertiary/aromatic N) is 1. The lowest BCUT2D eigenvalue weighted by atomic mass is 10.0. The Kier molecular flexibility index (Phi) is 5.85. The van der Waals surface area contributed by atoms with Gasteiger partial charge in [-0.2, -0.15) is 0 Å². The van der Waals surface area contributed by atoms with E-state index in [9.17, 15) is 18.8 Å². The number of hydrogen-bond acceptors (Lipinski definition) is 4. The Hall–Kier alpha value is -2.74. The van der Waals surface area contributed by atoms with Crippen LogP contribution in [0.2, 0.25) is 0 Å². The predicted molar refractivity (Wildman–Crippen MR) is 113 cm³/mol. The molecule has 3 amide bonds. The second kappa shape index (κ2) is 8.55. The standard InChI is InChI=1S/C22H24FN3O3S/c1-13-12-18(25-21(28)14-2-3-14)30-19(13)22(29)26-10-8-17(9-11-26)24-20(27)15-4-6-16(23)7-5-15/h4-7,12,14,17H,2-3,8-11H2,1H3,(H,24,27)(H,25,28). The summed E-state index contributed by atoms with van der Waals surface area (Å²) in [5.41, 5.74) is 1.28. The van der Waals surface area contributed by atoms with E-state index in [1.165, 1.54) is 35.6 Å². The van der Waals surface area contributed by atoms with Crippen LogP contribution >= 0.6 is 11.3 Å². The third kappa shape index (κ3) is 4.70. The minimum Gasteiger partial charge on any atom is -0.349 e. The number of piperidine rings is 1. The molecule has 158 valence electrons. The third-order valence-electron chi connectivity index (χ3n) is 5.53. The fourth-order valence-corrected chi connectivity index (χ4v) is 4.61. The zero-order valence-corrected chi connectivity index (χ0v) is 17.6. The molecular weight excluding hydrogens is 405 g/mol. The molecule has 2 heterocycles. The maximum atomic E-state index is 13.0. The average Bonchev–Trinajstić information content (AvgIpc) is 3.52. The van der Waals surface area contributed by atoms with Crippen molar-refractivity contribution in [3.63, 3.8) is 0 Å². The third-order valence-corrected chi connectivity index (χ3v) is 6.67. The minimum absolute atomic E-state index is 0.0237. The molecule has 0 atom stereocenters. The minimum atomic E-state index is -0.377. The van der Waals surface area contributed by atoms with Crippen molar-refractivity contribution in [1.29, 1.82) is 0 Å². The van der Waals surface area contributed by atoms with Gasteiger partial charge in [-0.3, -0.25) is 14.4 Å². The van der Waals surface area contributed by atoms with E-state index in [1.54, 1.807) is 4.90 Å². The van der Waals surface area contributed by atoms with Crippen LogP contribution in [0, 0.1) is 18.7 Å². The number of rotatable bonds is 5. The molecule has 1 aliphatic heterocycles. The van der Waals surface area contributed by atoms with Crippen LogP contribution in [0.15, 0.2) is 30.3 Å². The average molecular weight is 430 g/mol. The molecule has 6 nitrogen and oxygen atoms in total. The fourth-order valence-electron chi connectivity index (χ4n) is 3.57. The molecule has 0 spiro atoms. The summed E-state index contributed by atoms with van der Waals surface area (Å²) in [6.07, 6.45) is 3.20. The van der Waals surface area contributed by atoms with E-state index < -0.39 is 0 Å². The summed E-state index contributed by atoms with van der Waals surface area (Å²) < 4.78 is 13.0. The van der Waals surface area contributed by atoms with Gasteiger partial charge in [0, 0.05) is 30.6 Å². The van der Waals surface area contributed by atoms with E-state index in [0.29, 0.717) is 41.4 Å². The van der Waals surface area contributed by atoms with Gasteiger partial charge in [0.15, 0.2) is 0 Å². The number of thiophene rings is 1. The summed E-state index contributed by atoms with van der Waals surface area (Å²) in [5.74, 6) is -0.487. The second-order valence-electron chi connectivity index (χ2n) is 7.93. The number of carbonyl (C=O) groups is 3. The number of amides is 3. The molecule has 0 radical (unpaired) electrons. The summed E-state index contributed by atoms with van der Waals surface area (Å²) >= 11 is 1.32. The van der Waals surface area contributed by atoms with E-state index in [2.05, 4.69) is 10.6 Å². The van der Waals surface area contributed by atoms with Crippen LogP contribution in [-0.2, 0) is 4.79 Å². The highest BCUT2D eigenvalue weighted by atomic mass is 32.1. The summed E-state index contributed by atoms with van der Waals surface area (Å²) in [6.45, 7) is 2.98. The van der Waals surface area contributed by atoms with E-state index >= 15 is 0 Å². The molecule has 1 saturated heterocycles. The van der Waals surface area contributed by atoms with Crippen molar-refractivity contribution in [2.45, 2.75) is 38.6 Å². The number of benzene rings is 1. The maximum absolute atomic E-state index is 13.0. The Morgan fingerprint density at radius 1 is 1.07 bits per heavy atom. The maximum Gasteiger partial charge on any atom is 0.264 e. The number of anilines is 1. The van der Waals surface area contributed by atoms with Gasteiger partial charge in [0.2, 0.25) is 5.91 Å². The molecule has 2 aliphatic rings. The first-order valence-electron chi connectivity index (χ1n) is 10.2. The Balaban J connectivity index is 1.31. The van der Waals surface area contributed by atoms with Crippen molar-refractivity contribution >= 4 is 34.1 Å². The van der Waals surface area contributed by atoms with Crippen molar-refractivity contribution < 1.29 is 18.8 Å². The molecule has 8 heteroatoms. The number of halogens is 1. The largest absolute Gasteiger partial charge is 0.349 e. The lowest BCUT2D eigenvalue weighted by molar-refractivity contribution is -0.117. The number of likely N-dealkylation sites (tertiary alicyclic amines) is 1. The molecule has 0 bridgehead atoms. The van der Waals surface area contributed by atoms with Gasteiger partial charge in [-0.15, -0.1) is 11.3 Å². The van der Waals surface area contributed by atoms with Crippen LogP contribution in [-0.4, -0.2) is 41.8 Å². The van der Waals surface area contributed by atoms with Gasteiger partial charge in [-0.1, -0.05) is 0 Å². The molecule has 1 aromatic heterocycles. The normalized spacial score (nSPS) is 16.9. The number of nitrogens with one attached hydrogen (secondary N) is 2.